The van der Waals surface area contributed by atoms with Crippen LogP contribution in [0.2, 0.25) is 0 Å². The van der Waals surface area contributed by atoms with Crippen molar-refractivity contribution in [3.8, 4) is 0 Å². The second-order valence-electron chi connectivity index (χ2n) is 2.09. The Morgan fingerprint density at radius 2 is 2.31 bits per heavy atom. The number of amides is 1. The number of pyridine rings is 1. The van der Waals surface area contributed by atoms with E-state index in [-0.39, 0.29) is 11.5 Å². The molecule has 0 aliphatic heterocycles. The first kappa shape index (κ1) is 9.46. The van der Waals surface area contributed by atoms with E-state index in [1.807, 2.05) is 0 Å². The Labute approximate surface area is 78.5 Å². The van der Waals surface area contributed by atoms with Gasteiger partial charge >= 0.3 is 0 Å². The van der Waals surface area contributed by atoms with Crippen LogP contribution in [-0.2, 0) is 0 Å². The SMILES string of the molecule is O=C(S)Nc1ccc([N+](=O)[O-])cn1. The van der Waals surface area contributed by atoms with E-state index >= 15 is 0 Å². The zero-order chi connectivity index (χ0) is 9.84. The largest absolute Gasteiger partial charge is 0.302 e. The third-order valence-electron chi connectivity index (χ3n) is 1.19. The van der Waals surface area contributed by atoms with Gasteiger partial charge in [-0.2, -0.15) is 0 Å². The van der Waals surface area contributed by atoms with Crippen LogP contribution in [0.3, 0.4) is 0 Å². The molecule has 0 bridgehead atoms. The number of nitro groups is 1. The van der Waals surface area contributed by atoms with Gasteiger partial charge in [-0.05, 0) is 6.07 Å². The number of rotatable bonds is 2. The van der Waals surface area contributed by atoms with Crippen molar-refractivity contribution in [3.63, 3.8) is 0 Å². The van der Waals surface area contributed by atoms with E-state index in [0.29, 0.717) is 0 Å². The van der Waals surface area contributed by atoms with Gasteiger partial charge in [0.15, 0.2) is 0 Å². The van der Waals surface area contributed by atoms with Gasteiger partial charge in [-0.3, -0.25) is 14.9 Å². The highest BCUT2D eigenvalue weighted by atomic mass is 32.1. The monoisotopic (exact) mass is 199 g/mol. The average Bonchev–Trinajstić information content (AvgIpc) is 2.04. The molecule has 1 N–H and O–H groups in total. The van der Waals surface area contributed by atoms with Crippen LogP contribution in [0, 0.1) is 10.1 Å². The first-order valence-electron chi connectivity index (χ1n) is 3.20. The summed E-state index contributed by atoms with van der Waals surface area (Å²) in [4.78, 5) is 23.7. The van der Waals surface area contributed by atoms with Gasteiger partial charge in [0.1, 0.15) is 12.0 Å². The fourth-order valence-corrected chi connectivity index (χ4v) is 0.792. The van der Waals surface area contributed by atoms with E-state index in [9.17, 15) is 14.9 Å². The molecule has 1 rings (SSSR count). The van der Waals surface area contributed by atoms with E-state index in [4.69, 9.17) is 0 Å². The van der Waals surface area contributed by atoms with Crippen molar-refractivity contribution in [1.82, 2.24) is 4.98 Å². The maximum atomic E-state index is 10.4. The molecule has 68 valence electrons. The number of hydrogen-bond donors (Lipinski definition) is 2. The van der Waals surface area contributed by atoms with Gasteiger partial charge in [-0.15, -0.1) is 0 Å². The van der Waals surface area contributed by atoms with Crippen LogP contribution in [0.5, 0.6) is 0 Å². The summed E-state index contributed by atoms with van der Waals surface area (Å²) in [6.07, 6.45) is 1.05. The van der Waals surface area contributed by atoms with Crippen LogP contribution in [0.1, 0.15) is 0 Å². The van der Waals surface area contributed by atoms with Crippen molar-refractivity contribution in [1.29, 1.82) is 0 Å². The summed E-state index contributed by atoms with van der Waals surface area (Å²) in [5.74, 6) is 0.227. The van der Waals surface area contributed by atoms with E-state index in [1.54, 1.807) is 0 Å². The second kappa shape index (κ2) is 3.85. The summed E-state index contributed by atoms with van der Waals surface area (Å²) in [7, 11) is 0. The van der Waals surface area contributed by atoms with Gasteiger partial charge in [0, 0.05) is 6.07 Å². The van der Waals surface area contributed by atoms with Crippen molar-refractivity contribution < 1.29 is 9.72 Å². The van der Waals surface area contributed by atoms with Crippen LogP contribution in [-0.4, -0.2) is 15.1 Å². The molecule has 6 nitrogen and oxygen atoms in total. The molecule has 13 heavy (non-hydrogen) atoms. The van der Waals surface area contributed by atoms with Gasteiger partial charge in [-0.25, -0.2) is 4.98 Å². The maximum absolute atomic E-state index is 10.4. The number of aromatic nitrogens is 1. The highest BCUT2D eigenvalue weighted by Crippen LogP contribution is 2.11. The summed E-state index contributed by atoms with van der Waals surface area (Å²) in [5, 5.41) is 11.9. The van der Waals surface area contributed by atoms with Crippen LogP contribution >= 0.6 is 12.6 Å². The minimum absolute atomic E-state index is 0.128. The lowest BCUT2D eigenvalue weighted by molar-refractivity contribution is -0.385. The summed E-state index contributed by atoms with van der Waals surface area (Å²) < 4.78 is 0. The van der Waals surface area contributed by atoms with Crippen molar-refractivity contribution in [3.05, 3.63) is 28.4 Å². The molecule has 1 amide bonds. The number of hydrogen-bond acceptors (Lipinski definition) is 4. The molecule has 0 unspecified atom stereocenters. The van der Waals surface area contributed by atoms with E-state index in [2.05, 4.69) is 22.9 Å². The molecule has 1 aromatic heterocycles. The quantitative estimate of drug-likeness (QED) is 0.429. The number of nitrogens with one attached hydrogen (secondary N) is 1. The molecule has 0 atom stereocenters. The van der Waals surface area contributed by atoms with Gasteiger partial charge in [-0.1, -0.05) is 12.6 Å². The van der Waals surface area contributed by atoms with E-state index in [1.165, 1.54) is 12.1 Å². The fourth-order valence-electron chi connectivity index (χ4n) is 0.678. The van der Waals surface area contributed by atoms with E-state index < -0.39 is 10.2 Å². The number of anilines is 1. The van der Waals surface area contributed by atoms with Crippen molar-refractivity contribution in [2.24, 2.45) is 0 Å². The number of carbonyl (C=O) groups is 1. The Balaban J connectivity index is 2.81. The molecule has 0 spiro atoms. The van der Waals surface area contributed by atoms with Crippen molar-refractivity contribution in [2.45, 2.75) is 0 Å². The second-order valence-corrected chi connectivity index (χ2v) is 2.50. The zero-order valence-corrected chi connectivity index (χ0v) is 7.19. The van der Waals surface area contributed by atoms with Gasteiger partial charge in [0.25, 0.3) is 10.9 Å². The lowest BCUT2D eigenvalue weighted by Gasteiger charge is -1.97. The summed E-state index contributed by atoms with van der Waals surface area (Å²) in [5.41, 5.74) is -0.128. The third-order valence-corrected chi connectivity index (χ3v) is 1.31. The molecule has 0 aliphatic carbocycles. The van der Waals surface area contributed by atoms with Crippen LogP contribution in [0.15, 0.2) is 18.3 Å². The Morgan fingerprint density at radius 3 is 2.69 bits per heavy atom. The highest BCUT2D eigenvalue weighted by Gasteiger charge is 2.05. The van der Waals surface area contributed by atoms with Crippen molar-refractivity contribution in [2.75, 3.05) is 5.32 Å². The lowest BCUT2D eigenvalue weighted by Crippen LogP contribution is -2.03. The first-order valence-corrected chi connectivity index (χ1v) is 3.64. The smallest absolute Gasteiger partial charge is 0.287 e. The lowest BCUT2D eigenvalue weighted by atomic mass is 10.4. The minimum Gasteiger partial charge on any atom is -0.302 e. The number of carbonyl (C=O) groups excluding carboxylic acids is 1. The normalized spacial score (nSPS) is 9.31. The topological polar surface area (TPSA) is 85.1 Å². The number of nitrogens with zero attached hydrogens (tertiary/aromatic N) is 2. The molecular weight excluding hydrogens is 194 g/mol. The molecule has 7 heteroatoms. The maximum Gasteiger partial charge on any atom is 0.287 e. The molecule has 0 saturated carbocycles. The van der Waals surface area contributed by atoms with Gasteiger partial charge < -0.3 is 5.32 Å². The van der Waals surface area contributed by atoms with Gasteiger partial charge in [0.05, 0.1) is 4.92 Å². The van der Waals surface area contributed by atoms with E-state index in [0.717, 1.165) is 6.20 Å². The highest BCUT2D eigenvalue weighted by molar-refractivity contribution is 7.96. The molecule has 0 fully saturated rings. The van der Waals surface area contributed by atoms with Crippen LogP contribution in [0.4, 0.5) is 16.3 Å². The summed E-state index contributed by atoms with van der Waals surface area (Å²) in [6, 6.07) is 2.57. The Bertz CT molecular complexity index is 337. The van der Waals surface area contributed by atoms with Gasteiger partial charge in [0.2, 0.25) is 0 Å². The third kappa shape index (κ3) is 2.71. The summed E-state index contributed by atoms with van der Waals surface area (Å²) >= 11 is 3.45. The molecule has 0 aliphatic rings. The zero-order valence-electron chi connectivity index (χ0n) is 6.30. The Kier molecular flexibility index (Phi) is 2.80. The standard InChI is InChI=1S/C6H5N3O3S/c10-6(13)8-5-2-1-4(3-7-5)9(11)12/h1-3H,(H2,7,8,10,13). The predicted octanol–water partition coefficient (Wildman–Crippen LogP) is 1.45. The average molecular weight is 199 g/mol. The Morgan fingerprint density at radius 1 is 1.62 bits per heavy atom. The molecular formula is C6H5N3O3S. The number of thiol groups is 1. The molecule has 0 saturated heterocycles. The summed E-state index contributed by atoms with van der Waals surface area (Å²) in [6.45, 7) is 0. The van der Waals surface area contributed by atoms with Crippen LogP contribution in [0.25, 0.3) is 0 Å². The minimum atomic E-state index is -0.570. The van der Waals surface area contributed by atoms with Crippen LogP contribution < -0.4 is 5.32 Å². The molecule has 1 aromatic rings. The molecule has 1 heterocycles. The fraction of sp³-hybridized carbons (Fsp3) is 0. The Hall–Kier alpha value is -1.63. The predicted molar refractivity (Wildman–Crippen MR) is 48.9 cm³/mol. The molecule has 0 aromatic carbocycles. The molecule has 0 radical (unpaired) electrons. The first-order chi connectivity index (χ1) is 6.09. The van der Waals surface area contributed by atoms with Crippen molar-refractivity contribution >= 4 is 29.4 Å².